The minimum absolute atomic E-state index is 0.0427. The molecule has 4 aromatic rings. The van der Waals surface area contributed by atoms with E-state index in [1.807, 2.05) is 0 Å². The van der Waals surface area contributed by atoms with Crippen LogP contribution >= 0.6 is 0 Å². The summed E-state index contributed by atoms with van der Waals surface area (Å²) >= 11 is 0. The summed E-state index contributed by atoms with van der Waals surface area (Å²) < 4.78 is 35.2. The van der Waals surface area contributed by atoms with Crippen LogP contribution in [-0.2, 0) is 11.8 Å². The van der Waals surface area contributed by atoms with Gasteiger partial charge in [-0.25, -0.2) is 19.2 Å². The highest BCUT2D eigenvalue weighted by atomic mass is 19.1. The minimum Gasteiger partial charge on any atom is -0.381 e. The standard InChI is InChI=1S/C21H18F2N4O2/c1-27-20-18(12-3-2-6-29-10-12)25-16-8-15(22)13(11-4-5-17(23)24-9-11)7-14(16)19(20)26-21(27)28/h4-5,7-9,12H,2-3,6,10H2,1H3,(H,26,28)/t12-/m1/s1. The number of pyridine rings is 2. The largest absolute Gasteiger partial charge is 0.381 e. The Morgan fingerprint density at radius 1 is 1.28 bits per heavy atom. The number of hydrogen-bond acceptors (Lipinski definition) is 4. The van der Waals surface area contributed by atoms with Gasteiger partial charge >= 0.3 is 5.69 Å². The van der Waals surface area contributed by atoms with E-state index in [9.17, 15) is 13.6 Å². The van der Waals surface area contributed by atoms with Crippen molar-refractivity contribution in [1.29, 1.82) is 0 Å². The van der Waals surface area contributed by atoms with Crippen molar-refractivity contribution in [3.63, 3.8) is 0 Å². The number of hydrogen-bond donors (Lipinski definition) is 1. The molecule has 0 bridgehead atoms. The highest BCUT2D eigenvalue weighted by Gasteiger charge is 2.24. The molecule has 8 heteroatoms. The van der Waals surface area contributed by atoms with Gasteiger partial charge < -0.3 is 9.72 Å². The molecule has 3 aromatic heterocycles. The topological polar surface area (TPSA) is 72.8 Å². The molecule has 1 N–H and O–H groups in total. The van der Waals surface area contributed by atoms with Crippen LogP contribution in [0.3, 0.4) is 0 Å². The highest BCUT2D eigenvalue weighted by molar-refractivity contribution is 6.05. The number of halogens is 2. The molecule has 29 heavy (non-hydrogen) atoms. The lowest BCUT2D eigenvalue weighted by atomic mass is 9.95. The van der Waals surface area contributed by atoms with Gasteiger partial charge in [0.2, 0.25) is 5.95 Å². The molecule has 1 saturated heterocycles. The molecule has 1 fully saturated rings. The summed E-state index contributed by atoms with van der Waals surface area (Å²) in [7, 11) is 1.69. The fraction of sp³-hybridized carbons (Fsp3) is 0.286. The number of benzene rings is 1. The predicted octanol–water partition coefficient (Wildman–Crippen LogP) is 3.65. The number of aromatic amines is 1. The SMILES string of the molecule is Cn1c(=O)[nH]c2c3cc(-c4ccc(F)nc4)c(F)cc3nc([C@@H]3CCCOC3)c21. The molecule has 0 aliphatic carbocycles. The number of H-pyrrole nitrogens is 1. The molecule has 5 rings (SSSR count). The van der Waals surface area contributed by atoms with Crippen LogP contribution in [0.25, 0.3) is 33.1 Å². The van der Waals surface area contributed by atoms with Crippen molar-refractivity contribution in [2.75, 3.05) is 13.2 Å². The predicted molar refractivity (Wildman–Crippen MR) is 105 cm³/mol. The smallest absolute Gasteiger partial charge is 0.326 e. The van der Waals surface area contributed by atoms with E-state index in [1.54, 1.807) is 13.1 Å². The molecule has 6 nitrogen and oxygen atoms in total. The Bertz CT molecular complexity index is 1290. The van der Waals surface area contributed by atoms with Crippen molar-refractivity contribution in [2.45, 2.75) is 18.8 Å². The molecule has 1 aliphatic rings. The molecule has 1 atom stereocenters. The van der Waals surface area contributed by atoms with E-state index in [0.717, 1.165) is 18.5 Å². The second-order valence-corrected chi connectivity index (χ2v) is 7.34. The van der Waals surface area contributed by atoms with Crippen LogP contribution in [0, 0.1) is 11.8 Å². The normalized spacial score (nSPS) is 17.3. The first-order valence-electron chi connectivity index (χ1n) is 9.44. The van der Waals surface area contributed by atoms with Gasteiger partial charge in [-0.05, 0) is 31.0 Å². The van der Waals surface area contributed by atoms with Gasteiger partial charge in [0, 0.05) is 48.3 Å². The van der Waals surface area contributed by atoms with Gasteiger partial charge in [-0.15, -0.1) is 0 Å². The maximum atomic E-state index is 14.9. The zero-order valence-electron chi connectivity index (χ0n) is 15.7. The maximum Gasteiger partial charge on any atom is 0.326 e. The van der Waals surface area contributed by atoms with Gasteiger partial charge in [0.15, 0.2) is 0 Å². The van der Waals surface area contributed by atoms with Crippen LogP contribution in [0.4, 0.5) is 8.78 Å². The van der Waals surface area contributed by atoms with E-state index < -0.39 is 11.8 Å². The summed E-state index contributed by atoms with van der Waals surface area (Å²) in [4.78, 5) is 23.6. The number of nitrogens with zero attached hydrogens (tertiary/aromatic N) is 3. The number of ether oxygens (including phenoxy) is 1. The molecule has 148 valence electrons. The summed E-state index contributed by atoms with van der Waals surface area (Å²) in [6.45, 7) is 1.23. The highest BCUT2D eigenvalue weighted by Crippen LogP contribution is 2.35. The minimum atomic E-state index is -0.634. The Morgan fingerprint density at radius 3 is 2.86 bits per heavy atom. The lowest BCUT2D eigenvalue weighted by Crippen LogP contribution is -2.19. The van der Waals surface area contributed by atoms with Gasteiger partial charge in [0.05, 0.1) is 28.9 Å². The Hall–Kier alpha value is -3.13. The molecular weight excluding hydrogens is 378 g/mol. The van der Waals surface area contributed by atoms with E-state index in [2.05, 4.69) is 9.97 Å². The second kappa shape index (κ2) is 6.73. The monoisotopic (exact) mass is 396 g/mol. The fourth-order valence-electron chi connectivity index (χ4n) is 4.05. The van der Waals surface area contributed by atoms with E-state index >= 15 is 0 Å². The van der Waals surface area contributed by atoms with Crippen LogP contribution in [0.2, 0.25) is 0 Å². The summed E-state index contributed by atoms with van der Waals surface area (Å²) in [6, 6.07) is 5.64. The molecule has 0 spiro atoms. The van der Waals surface area contributed by atoms with E-state index in [-0.39, 0.29) is 17.2 Å². The number of fused-ring (bicyclic) bond motifs is 3. The number of aromatic nitrogens is 4. The van der Waals surface area contributed by atoms with Gasteiger partial charge in [-0.1, -0.05) is 0 Å². The van der Waals surface area contributed by atoms with Crippen LogP contribution < -0.4 is 5.69 Å². The molecule has 1 aliphatic heterocycles. The van der Waals surface area contributed by atoms with Gasteiger partial charge in [-0.3, -0.25) is 4.57 Å². The van der Waals surface area contributed by atoms with E-state index in [1.165, 1.54) is 29.0 Å². The van der Waals surface area contributed by atoms with Gasteiger partial charge in [-0.2, -0.15) is 4.39 Å². The average Bonchev–Trinajstić information content (AvgIpc) is 3.03. The van der Waals surface area contributed by atoms with Crippen molar-refractivity contribution < 1.29 is 13.5 Å². The Kier molecular flexibility index (Phi) is 4.16. The van der Waals surface area contributed by atoms with Crippen LogP contribution in [-0.4, -0.2) is 32.7 Å². The van der Waals surface area contributed by atoms with E-state index in [4.69, 9.17) is 9.72 Å². The molecule has 0 amide bonds. The molecule has 0 saturated carbocycles. The van der Waals surface area contributed by atoms with Crippen LogP contribution in [0.15, 0.2) is 35.3 Å². The number of rotatable bonds is 2. The lowest BCUT2D eigenvalue weighted by molar-refractivity contribution is 0.0797. The van der Waals surface area contributed by atoms with Crippen molar-refractivity contribution in [3.05, 3.63) is 58.4 Å². The summed E-state index contributed by atoms with van der Waals surface area (Å²) in [5.74, 6) is -1.08. The Balaban J connectivity index is 1.80. The van der Waals surface area contributed by atoms with E-state index in [0.29, 0.717) is 40.7 Å². The zero-order chi connectivity index (χ0) is 20.1. The summed E-state index contributed by atoms with van der Waals surface area (Å²) in [5, 5.41) is 0.624. The number of nitrogens with one attached hydrogen (secondary N) is 1. The van der Waals surface area contributed by atoms with Crippen LogP contribution in [0.5, 0.6) is 0 Å². The molecule has 1 aromatic carbocycles. The third-order valence-corrected chi connectivity index (χ3v) is 5.53. The Labute approximate surface area is 164 Å². The van der Waals surface area contributed by atoms with Gasteiger partial charge in [0.1, 0.15) is 5.82 Å². The van der Waals surface area contributed by atoms with Crippen molar-refractivity contribution >= 4 is 21.9 Å². The molecule has 0 unspecified atom stereocenters. The summed E-state index contributed by atoms with van der Waals surface area (Å²) in [6.07, 6.45) is 3.09. The molecule has 0 radical (unpaired) electrons. The zero-order valence-corrected chi connectivity index (χ0v) is 15.7. The second-order valence-electron chi connectivity index (χ2n) is 7.34. The van der Waals surface area contributed by atoms with Crippen molar-refractivity contribution in [2.24, 2.45) is 7.05 Å². The third-order valence-electron chi connectivity index (χ3n) is 5.53. The van der Waals surface area contributed by atoms with Crippen LogP contribution in [0.1, 0.15) is 24.5 Å². The fourth-order valence-corrected chi connectivity index (χ4v) is 4.05. The maximum absolute atomic E-state index is 14.9. The van der Waals surface area contributed by atoms with Gasteiger partial charge in [0.25, 0.3) is 0 Å². The number of imidazole rings is 1. The third kappa shape index (κ3) is 2.91. The first-order valence-corrected chi connectivity index (χ1v) is 9.44. The van der Waals surface area contributed by atoms with Crippen molar-refractivity contribution in [1.82, 2.24) is 19.5 Å². The number of aryl methyl sites for hydroxylation is 1. The quantitative estimate of drug-likeness (QED) is 0.525. The average molecular weight is 396 g/mol. The van der Waals surface area contributed by atoms with Crippen molar-refractivity contribution in [3.8, 4) is 11.1 Å². The summed E-state index contributed by atoms with van der Waals surface area (Å²) in [5.41, 5.74) is 2.96. The molecule has 4 heterocycles. The lowest BCUT2D eigenvalue weighted by Gasteiger charge is -2.23. The molecular formula is C21H18F2N4O2. The first-order chi connectivity index (χ1) is 14.0. The Morgan fingerprint density at radius 2 is 2.14 bits per heavy atom. The first kappa shape index (κ1) is 17.9.